The number of fused-ring (bicyclic) bond motifs is 1. The van der Waals surface area contributed by atoms with Gasteiger partial charge in [-0.15, -0.1) is 0 Å². The molecular formula is C27H26ClFN2O2S. The summed E-state index contributed by atoms with van der Waals surface area (Å²) in [6, 6.07) is 21.9. The van der Waals surface area contributed by atoms with Crippen molar-refractivity contribution in [1.29, 1.82) is 0 Å². The normalized spacial score (nSPS) is 15.7. The first kappa shape index (κ1) is 23.1. The molecule has 1 aromatic heterocycles. The Labute approximate surface area is 204 Å². The average molecular weight is 497 g/mol. The van der Waals surface area contributed by atoms with Gasteiger partial charge < -0.3 is 4.57 Å². The first-order chi connectivity index (χ1) is 16.4. The largest absolute Gasteiger partial charge is 0.340 e. The van der Waals surface area contributed by atoms with Gasteiger partial charge in [-0.1, -0.05) is 54.1 Å². The van der Waals surface area contributed by atoms with Gasteiger partial charge in [0.15, 0.2) is 0 Å². The van der Waals surface area contributed by atoms with Crippen molar-refractivity contribution in [3.05, 3.63) is 100 Å². The molecule has 0 spiro atoms. The molecule has 4 aromatic rings. The van der Waals surface area contributed by atoms with Crippen molar-refractivity contribution < 1.29 is 12.8 Å². The second kappa shape index (κ2) is 9.17. The number of rotatable bonds is 5. The molecule has 0 saturated carbocycles. The van der Waals surface area contributed by atoms with Crippen LogP contribution in [0.2, 0.25) is 5.02 Å². The Kier molecular flexibility index (Phi) is 6.23. The molecular weight excluding hydrogens is 471 g/mol. The van der Waals surface area contributed by atoms with Crippen LogP contribution in [-0.2, 0) is 16.6 Å². The average Bonchev–Trinajstić information content (AvgIpc) is 3.10. The van der Waals surface area contributed by atoms with Gasteiger partial charge in [-0.25, -0.2) is 12.8 Å². The molecule has 0 N–H and O–H groups in total. The van der Waals surface area contributed by atoms with Crippen molar-refractivity contribution in [3.63, 3.8) is 0 Å². The van der Waals surface area contributed by atoms with E-state index in [0.29, 0.717) is 32.5 Å². The Morgan fingerprint density at radius 1 is 0.971 bits per heavy atom. The molecule has 1 aliphatic rings. The van der Waals surface area contributed by atoms with E-state index in [1.165, 1.54) is 39.1 Å². The first-order valence-corrected chi connectivity index (χ1v) is 13.2. The van der Waals surface area contributed by atoms with E-state index in [-0.39, 0.29) is 10.8 Å². The molecule has 2 heterocycles. The van der Waals surface area contributed by atoms with Crippen molar-refractivity contribution in [2.45, 2.75) is 37.1 Å². The van der Waals surface area contributed by atoms with E-state index in [0.717, 1.165) is 16.1 Å². The highest BCUT2D eigenvalue weighted by Crippen LogP contribution is 2.39. The lowest BCUT2D eigenvalue weighted by molar-refractivity contribution is 0.318. The molecule has 7 heteroatoms. The predicted octanol–water partition coefficient (Wildman–Crippen LogP) is 6.36. The van der Waals surface area contributed by atoms with E-state index in [9.17, 15) is 12.8 Å². The maximum absolute atomic E-state index is 14.2. The fourth-order valence-electron chi connectivity index (χ4n) is 5.17. The van der Waals surface area contributed by atoms with Crippen LogP contribution in [0.3, 0.4) is 0 Å². The molecule has 34 heavy (non-hydrogen) atoms. The van der Waals surface area contributed by atoms with Crippen molar-refractivity contribution >= 4 is 32.5 Å². The Hall–Kier alpha value is -2.67. The van der Waals surface area contributed by atoms with Crippen molar-refractivity contribution in [1.82, 2.24) is 8.87 Å². The third-order valence-corrected chi connectivity index (χ3v) is 8.99. The van der Waals surface area contributed by atoms with Crippen LogP contribution in [0.1, 0.15) is 35.6 Å². The number of hydrogen-bond donors (Lipinski definition) is 0. The summed E-state index contributed by atoms with van der Waals surface area (Å²) in [5.74, 6) is -0.470. The zero-order valence-corrected chi connectivity index (χ0v) is 20.5. The highest BCUT2D eigenvalue weighted by Gasteiger charge is 2.33. The summed E-state index contributed by atoms with van der Waals surface area (Å²) in [5, 5.41) is 1.92. The van der Waals surface area contributed by atoms with Crippen LogP contribution in [0.25, 0.3) is 10.9 Å². The van der Waals surface area contributed by atoms with E-state index in [1.807, 2.05) is 30.3 Å². The SMILES string of the molecule is Cc1c(C2CCN(S(=O)(=O)c3ccccc3F)CC2)c2ccccc2n1Cc1cccc(Cl)c1. The molecule has 0 bridgehead atoms. The zero-order chi connectivity index (χ0) is 23.9. The molecule has 0 unspecified atom stereocenters. The Balaban J connectivity index is 1.44. The number of benzene rings is 3. The van der Waals surface area contributed by atoms with Crippen LogP contribution in [0.15, 0.2) is 77.7 Å². The number of hydrogen-bond acceptors (Lipinski definition) is 2. The van der Waals surface area contributed by atoms with Gasteiger partial charge in [-0.3, -0.25) is 0 Å². The van der Waals surface area contributed by atoms with E-state index >= 15 is 0 Å². The van der Waals surface area contributed by atoms with Gasteiger partial charge >= 0.3 is 0 Å². The van der Waals surface area contributed by atoms with Gasteiger partial charge in [0.05, 0.1) is 0 Å². The van der Waals surface area contributed by atoms with E-state index < -0.39 is 15.8 Å². The van der Waals surface area contributed by atoms with Gasteiger partial charge in [-0.05, 0) is 67.1 Å². The maximum atomic E-state index is 14.2. The smallest absolute Gasteiger partial charge is 0.245 e. The number of sulfonamides is 1. The van der Waals surface area contributed by atoms with Crippen LogP contribution < -0.4 is 0 Å². The third-order valence-electron chi connectivity index (χ3n) is 6.83. The molecule has 1 saturated heterocycles. The maximum Gasteiger partial charge on any atom is 0.245 e. The lowest BCUT2D eigenvalue weighted by Crippen LogP contribution is -2.38. The predicted molar refractivity (Wildman–Crippen MR) is 134 cm³/mol. The van der Waals surface area contributed by atoms with E-state index in [2.05, 4.69) is 29.7 Å². The number of nitrogens with zero attached hydrogens (tertiary/aromatic N) is 2. The summed E-state index contributed by atoms with van der Waals surface area (Å²) in [4.78, 5) is -0.247. The van der Waals surface area contributed by atoms with Crippen LogP contribution in [0.4, 0.5) is 4.39 Å². The highest BCUT2D eigenvalue weighted by molar-refractivity contribution is 7.89. The molecule has 0 radical (unpaired) electrons. The highest BCUT2D eigenvalue weighted by atomic mass is 35.5. The standard InChI is InChI=1S/C27H26ClFN2O2S/c1-19-27(21-13-15-30(16-14-21)34(32,33)26-12-5-3-10-24(26)29)23-9-2-4-11-25(23)31(19)18-20-7-6-8-22(28)17-20/h2-12,17,21H,13-16,18H2,1H3. The number of piperidine rings is 1. The minimum atomic E-state index is -3.85. The Morgan fingerprint density at radius 3 is 2.41 bits per heavy atom. The first-order valence-electron chi connectivity index (χ1n) is 11.4. The quantitative estimate of drug-likeness (QED) is 0.322. The Bertz CT molecular complexity index is 1460. The van der Waals surface area contributed by atoms with Gasteiger partial charge in [0.2, 0.25) is 10.0 Å². The van der Waals surface area contributed by atoms with Crippen LogP contribution >= 0.6 is 11.6 Å². The van der Waals surface area contributed by atoms with Crippen molar-refractivity contribution in [2.75, 3.05) is 13.1 Å². The lowest BCUT2D eigenvalue weighted by Gasteiger charge is -2.31. The summed E-state index contributed by atoms with van der Waals surface area (Å²) < 4.78 is 44.0. The topological polar surface area (TPSA) is 42.3 Å². The molecule has 176 valence electrons. The molecule has 0 aliphatic carbocycles. The zero-order valence-electron chi connectivity index (χ0n) is 18.9. The lowest BCUT2D eigenvalue weighted by atomic mass is 9.88. The molecule has 3 aromatic carbocycles. The van der Waals surface area contributed by atoms with Gasteiger partial charge in [0.1, 0.15) is 10.7 Å². The van der Waals surface area contributed by atoms with Gasteiger partial charge in [-0.2, -0.15) is 4.31 Å². The summed E-state index contributed by atoms with van der Waals surface area (Å²) in [6.07, 6.45) is 1.39. The summed E-state index contributed by atoms with van der Waals surface area (Å²) in [7, 11) is -3.85. The van der Waals surface area contributed by atoms with Gasteiger partial charge in [0, 0.05) is 41.3 Å². The molecule has 4 nitrogen and oxygen atoms in total. The second-order valence-corrected chi connectivity index (χ2v) is 11.2. The van der Waals surface area contributed by atoms with Gasteiger partial charge in [0.25, 0.3) is 0 Å². The van der Waals surface area contributed by atoms with Crippen LogP contribution in [0, 0.1) is 12.7 Å². The monoisotopic (exact) mass is 496 g/mol. The number of halogens is 2. The fraction of sp³-hybridized carbons (Fsp3) is 0.259. The number of aromatic nitrogens is 1. The molecule has 0 amide bonds. The summed E-state index contributed by atoms with van der Waals surface area (Å²) in [6.45, 7) is 3.60. The Morgan fingerprint density at radius 2 is 1.68 bits per heavy atom. The molecule has 0 atom stereocenters. The summed E-state index contributed by atoms with van der Waals surface area (Å²) in [5.41, 5.74) is 4.77. The second-order valence-electron chi connectivity index (χ2n) is 8.84. The molecule has 1 fully saturated rings. The van der Waals surface area contributed by atoms with Crippen LogP contribution in [0.5, 0.6) is 0 Å². The van der Waals surface area contributed by atoms with E-state index in [1.54, 1.807) is 6.07 Å². The van der Waals surface area contributed by atoms with Crippen molar-refractivity contribution in [2.24, 2.45) is 0 Å². The molecule has 5 rings (SSSR count). The fourth-order valence-corrected chi connectivity index (χ4v) is 6.92. The third kappa shape index (κ3) is 4.15. The van der Waals surface area contributed by atoms with E-state index in [4.69, 9.17) is 11.6 Å². The summed E-state index contributed by atoms with van der Waals surface area (Å²) >= 11 is 6.21. The van der Waals surface area contributed by atoms with Crippen molar-refractivity contribution in [3.8, 4) is 0 Å². The molecule has 1 aliphatic heterocycles. The van der Waals surface area contributed by atoms with Crippen LogP contribution in [-0.4, -0.2) is 30.4 Å². The minimum Gasteiger partial charge on any atom is -0.340 e. The number of para-hydroxylation sites is 1. The minimum absolute atomic E-state index is 0.234.